The largest absolute Gasteiger partial charge is 0.468 e. The van der Waals surface area contributed by atoms with Crippen molar-refractivity contribution in [3.63, 3.8) is 0 Å². The Morgan fingerprint density at radius 3 is 2.19 bits per heavy atom. The predicted molar refractivity (Wildman–Crippen MR) is 158 cm³/mol. The Morgan fingerprint density at radius 1 is 0.930 bits per heavy atom. The van der Waals surface area contributed by atoms with E-state index in [9.17, 15) is 29.3 Å². The highest BCUT2D eigenvalue weighted by Gasteiger charge is 2.42. The van der Waals surface area contributed by atoms with Gasteiger partial charge in [-0.3, -0.25) is 34.4 Å². The molecule has 0 spiro atoms. The summed E-state index contributed by atoms with van der Waals surface area (Å²) < 4.78 is 10.6. The summed E-state index contributed by atoms with van der Waals surface area (Å²) in [6, 6.07) is 12.7. The fourth-order valence-electron chi connectivity index (χ4n) is 5.69. The fraction of sp³-hybridized carbons (Fsp3) is 0.406. The van der Waals surface area contributed by atoms with Crippen molar-refractivity contribution in [1.82, 2.24) is 4.90 Å². The molecule has 2 aliphatic heterocycles. The molecule has 0 fully saturated rings. The molecule has 2 amide bonds. The number of nitro groups is 1. The Bertz CT molecular complexity index is 1460. The van der Waals surface area contributed by atoms with Crippen molar-refractivity contribution in [1.29, 1.82) is 0 Å². The third kappa shape index (κ3) is 6.87. The zero-order valence-corrected chi connectivity index (χ0v) is 24.5. The molecule has 11 heteroatoms. The molecule has 0 N–H and O–H groups in total. The van der Waals surface area contributed by atoms with Gasteiger partial charge in [0.05, 0.1) is 35.3 Å². The average molecular weight is 590 g/mol. The Balaban J connectivity index is 1.27. The van der Waals surface area contributed by atoms with Crippen LogP contribution in [0.1, 0.15) is 84.6 Å². The van der Waals surface area contributed by atoms with Crippen LogP contribution in [0.5, 0.6) is 0 Å². The maximum atomic E-state index is 13.3. The number of hydrogen-bond donors (Lipinski definition) is 0. The molecule has 2 unspecified atom stereocenters. The van der Waals surface area contributed by atoms with E-state index in [0.717, 1.165) is 25.7 Å². The minimum absolute atomic E-state index is 0.157. The van der Waals surface area contributed by atoms with Crippen molar-refractivity contribution in [2.75, 3.05) is 20.3 Å². The van der Waals surface area contributed by atoms with Crippen LogP contribution in [0, 0.1) is 16.0 Å². The Labute approximate surface area is 249 Å². The van der Waals surface area contributed by atoms with Crippen molar-refractivity contribution in [3.8, 4) is 0 Å². The minimum Gasteiger partial charge on any atom is -0.468 e. The zero-order chi connectivity index (χ0) is 31.1. The molecule has 0 radical (unpaired) electrons. The van der Waals surface area contributed by atoms with E-state index in [0.29, 0.717) is 47.5 Å². The van der Waals surface area contributed by atoms with Gasteiger partial charge in [-0.2, -0.15) is 0 Å². The predicted octanol–water partition coefficient (Wildman–Crippen LogP) is 5.40. The van der Waals surface area contributed by atoms with Crippen LogP contribution in [0.15, 0.2) is 64.8 Å². The summed E-state index contributed by atoms with van der Waals surface area (Å²) in [6.07, 6.45) is 4.82. The molecule has 0 saturated heterocycles. The number of esters is 2. The number of aliphatic imine (C=N–C) groups is 1. The van der Waals surface area contributed by atoms with Crippen LogP contribution in [0.2, 0.25) is 0 Å². The number of amides is 2. The third-order valence-electron chi connectivity index (χ3n) is 7.83. The summed E-state index contributed by atoms with van der Waals surface area (Å²) in [5.41, 5.74) is 2.19. The van der Waals surface area contributed by atoms with Crippen LogP contribution >= 0.6 is 0 Å². The van der Waals surface area contributed by atoms with E-state index < -0.39 is 28.7 Å². The maximum Gasteiger partial charge on any atom is 0.336 e. The standard InChI is InChI=1S/C32H35N3O8/c1-20-26(31(38)42-3)28(22-13-12-14-23(19-22)35(40)41)27(21(2)33-20)32(39)43-18-11-7-5-4-6-10-17-34-29(36)24-15-8-9-16-25(24)30(34)37/h8-9,12-16,19,26,28H,4-7,10-11,17-18H2,1-3H3. The third-order valence-corrected chi connectivity index (χ3v) is 7.83. The molecule has 2 aromatic carbocycles. The van der Waals surface area contributed by atoms with Crippen LogP contribution in [-0.4, -0.2) is 59.5 Å². The molecule has 43 heavy (non-hydrogen) atoms. The van der Waals surface area contributed by atoms with Crippen LogP contribution in [0.3, 0.4) is 0 Å². The number of fused-ring (bicyclic) bond motifs is 1. The highest BCUT2D eigenvalue weighted by molar-refractivity contribution is 6.21. The number of unbranched alkanes of at least 4 members (excludes halogenated alkanes) is 5. The molecule has 0 bridgehead atoms. The summed E-state index contributed by atoms with van der Waals surface area (Å²) in [5, 5.41) is 11.4. The van der Waals surface area contributed by atoms with Gasteiger partial charge in [0.15, 0.2) is 0 Å². The summed E-state index contributed by atoms with van der Waals surface area (Å²) in [7, 11) is 1.24. The van der Waals surface area contributed by atoms with Gasteiger partial charge in [0.1, 0.15) is 5.92 Å². The van der Waals surface area contributed by atoms with Crippen LogP contribution < -0.4 is 0 Å². The number of rotatable bonds is 13. The van der Waals surface area contributed by atoms with E-state index in [1.54, 1.807) is 44.2 Å². The molecule has 0 aromatic heterocycles. The van der Waals surface area contributed by atoms with Gasteiger partial charge in [0.2, 0.25) is 0 Å². The number of carbonyl (C=O) groups excluding carboxylic acids is 4. The SMILES string of the molecule is COC(=O)C1C(C)=NC(C)=C(C(=O)OCCCCCCCCN2C(=O)c3ccccc3C2=O)C1c1cccc([N+](=O)[O-])c1. The van der Waals surface area contributed by atoms with Gasteiger partial charge in [-0.1, -0.05) is 49.9 Å². The summed E-state index contributed by atoms with van der Waals surface area (Å²) >= 11 is 0. The lowest BCUT2D eigenvalue weighted by Crippen LogP contribution is -2.36. The first kappa shape index (κ1) is 31.3. The number of hydrogen-bond acceptors (Lipinski definition) is 9. The number of benzene rings is 2. The lowest BCUT2D eigenvalue weighted by atomic mass is 9.75. The van der Waals surface area contributed by atoms with Crippen LogP contribution in [0.25, 0.3) is 0 Å². The molecule has 0 aliphatic carbocycles. The Morgan fingerprint density at radius 2 is 1.56 bits per heavy atom. The number of nitro benzene ring substituents is 1. The number of nitrogens with zero attached hydrogens (tertiary/aromatic N) is 3. The van der Waals surface area contributed by atoms with Gasteiger partial charge in [0.25, 0.3) is 17.5 Å². The summed E-state index contributed by atoms with van der Waals surface area (Å²) in [6.45, 7) is 3.87. The highest BCUT2D eigenvalue weighted by atomic mass is 16.6. The smallest absolute Gasteiger partial charge is 0.336 e. The van der Waals surface area contributed by atoms with Gasteiger partial charge >= 0.3 is 11.9 Å². The van der Waals surface area contributed by atoms with Gasteiger partial charge in [-0.25, -0.2) is 4.79 Å². The molecule has 226 valence electrons. The number of ether oxygens (including phenoxy) is 2. The van der Waals surface area contributed by atoms with Gasteiger partial charge < -0.3 is 9.47 Å². The van der Waals surface area contributed by atoms with Gasteiger partial charge in [0, 0.05) is 36.0 Å². The molecule has 11 nitrogen and oxygen atoms in total. The number of carbonyl (C=O) groups is 4. The van der Waals surface area contributed by atoms with E-state index in [1.807, 2.05) is 0 Å². The molecule has 2 aromatic rings. The van der Waals surface area contributed by atoms with E-state index >= 15 is 0 Å². The molecule has 2 heterocycles. The van der Waals surface area contributed by atoms with Crippen molar-refractivity contribution in [3.05, 3.63) is 86.6 Å². The zero-order valence-electron chi connectivity index (χ0n) is 24.5. The number of non-ortho nitro benzene ring substituents is 1. The molecular weight excluding hydrogens is 554 g/mol. The van der Waals surface area contributed by atoms with E-state index in [2.05, 4.69) is 4.99 Å². The van der Waals surface area contributed by atoms with Gasteiger partial charge in [-0.05, 0) is 44.4 Å². The second-order valence-corrected chi connectivity index (χ2v) is 10.6. The molecule has 2 aliphatic rings. The number of imide groups is 1. The second-order valence-electron chi connectivity index (χ2n) is 10.6. The van der Waals surface area contributed by atoms with Gasteiger partial charge in [-0.15, -0.1) is 0 Å². The molecule has 2 atom stereocenters. The Hall–Kier alpha value is -4.67. The van der Waals surface area contributed by atoms with E-state index in [-0.39, 0.29) is 29.7 Å². The lowest BCUT2D eigenvalue weighted by molar-refractivity contribution is -0.384. The molecule has 0 saturated carbocycles. The van der Waals surface area contributed by atoms with Crippen molar-refractivity contribution < 1.29 is 33.6 Å². The van der Waals surface area contributed by atoms with Crippen LogP contribution in [-0.2, 0) is 19.1 Å². The molecular formula is C32H35N3O8. The van der Waals surface area contributed by atoms with Crippen molar-refractivity contribution >= 4 is 35.2 Å². The first-order valence-corrected chi connectivity index (χ1v) is 14.4. The quantitative estimate of drug-likeness (QED) is 0.0993. The summed E-state index contributed by atoms with van der Waals surface area (Å²) in [4.78, 5) is 67.6. The van der Waals surface area contributed by atoms with Crippen LogP contribution in [0.4, 0.5) is 5.69 Å². The minimum atomic E-state index is -0.932. The lowest BCUT2D eigenvalue weighted by Gasteiger charge is -2.31. The fourth-order valence-corrected chi connectivity index (χ4v) is 5.69. The molecule has 4 rings (SSSR count). The topological polar surface area (TPSA) is 145 Å². The normalized spacial score (nSPS) is 17.9. The monoisotopic (exact) mass is 589 g/mol. The first-order valence-electron chi connectivity index (χ1n) is 14.4. The second kappa shape index (κ2) is 14.0. The number of allylic oxidation sites excluding steroid dienone is 1. The Kier molecular flexibility index (Phi) is 10.2. The highest BCUT2D eigenvalue weighted by Crippen LogP contribution is 2.41. The maximum absolute atomic E-state index is 13.3. The average Bonchev–Trinajstić information content (AvgIpc) is 3.24. The van der Waals surface area contributed by atoms with E-state index in [4.69, 9.17) is 9.47 Å². The van der Waals surface area contributed by atoms with E-state index in [1.165, 1.54) is 30.2 Å². The van der Waals surface area contributed by atoms with Crippen molar-refractivity contribution in [2.45, 2.75) is 58.3 Å². The first-order chi connectivity index (χ1) is 20.6. The number of methoxy groups -OCH3 is 1. The summed E-state index contributed by atoms with van der Waals surface area (Å²) in [5.74, 6) is -3.48. The van der Waals surface area contributed by atoms with Crippen molar-refractivity contribution in [2.24, 2.45) is 10.9 Å².